The fourth-order valence-corrected chi connectivity index (χ4v) is 3.20. The lowest BCUT2D eigenvalue weighted by molar-refractivity contribution is 0.0572. The molecular formula is C9H12N2O6S. The largest absolute Gasteiger partial charge is 0.477 e. The molecule has 18 heavy (non-hydrogen) atoms. The molecule has 1 aromatic heterocycles. The summed E-state index contributed by atoms with van der Waals surface area (Å²) in [5, 5.41) is 27.3. The molecule has 0 amide bonds. The van der Waals surface area contributed by atoms with Gasteiger partial charge in [0.25, 0.3) is 0 Å². The highest BCUT2D eigenvalue weighted by Gasteiger charge is 2.38. The summed E-state index contributed by atoms with van der Waals surface area (Å²) in [4.78, 5) is 12.8. The fourth-order valence-electron chi connectivity index (χ4n) is 1.73. The lowest BCUT2D eigenvalue weighted by atomic mass is 10.3. The summed E-state index contributed by atoms with van der Waals surface area (Å²) in [5.74, 6) is -1.27. The Labute approximate surface area is 103 Å². The smallest absolute Gasteiger partial charge is 0.352 e. The zero-order chi connectivity index (χ0) is 13.5. The summed E-state index contributed by atoms with van der Waals surface area (Å²) in [6.45, 7) is -0.422. The third kappa shape index (κ3) is 2.12. The van der Waals surface area contributed by atoms with Crippen molar-refractivity contribution in [3.8, 4) is 0 Å². The second-order valence-electron chi connectivity index (χ2n) is 4.01. The number of hydrogen-bond donors (Lipinski definition) is 4. The Hall–Kier alpha value is -1.42. The predicted molar refractivity (Wildman–Crippen MR) is 58.5 cm³/mol. The molecule has 0 bridgehead atoms. The van der Waals surface area contributed by atoms with Crippen LogP contribution in [0.2, 0.25) is 0 Å². The van der Waals surface area contributed by atoms with Gasteiger partial charge in [0.15, 0.2) is 0 Å². The number of rotatable bonds is 3. The van der Waals surface area contributed by atoms with Gasteiger partial charge in [-0.2, -0.15) is 4.31 Å². The number of aromatic nitrogens is 1. The van der Waals surface area contributed by atoms with Gasteiger partial charge in [0.2, 0.25) is 10.0 Å². The van der Waals surface area contributed by atoms with Gasteiger partial charge in [-0.25, -0.2) is 13.2 Å². The third-order valence-corrected chi connectivity index (χ3v) is 4.56. The molecule has 0 radical (unpaired) electrons. The number of aliphatic hydroxyl groups is 2. The molecule has 4 N–H and O–H groups in total. The molecule has 1 aromatic rings. The lowest BCUT2D eigenvalue weighted by Gasteiger charge is -2.13. The van der Waals surface area contributed by atoms with Crippen LogP contribution in [0, 0.1) is 0 Å². The number of carboxylic acids is 1. The average molecular weight is 276 g/mol. The molecule has 2 heterocycles. The van der Waals surface area contributed by atoms with Gasteiger partial charge in [-0.3, -0.25) is 0 Å². The Morgan fingerprint density at radius 3 is 2.33 bits per heavy atom. The number of nitrogens with zero attached hydrogens (tertiary/aromatic N) is 1. The maximum Gasteiger partial charge on any atom is 0.352 e. The first kappa shape index (κ1) is 13.0. The van der Waals surface area contributed by atoms with Crippen molar-refractivity contribution in [2.45, 2.75) is 17.1 Å². The molecular weight excluding hydrogens is 264 g/mol. The average Bonchev–Trinajstić information content (AvgIpc) is 2.87. The van der Waals surface area contributed by atoms with Gasteiger partial charge in [-0.05, 0) is 6.07 Å². The lowest BCUT2D eigenvalue weighted by Crippen LogP contribution is -2.29. The van der Waals surface area contributed by atoms with E-state index in [9.17, 15) is 23.4 Å². The molecule has 0 aromatic carbocycles. The number of carboxylic acid groups (broad SMARTS) is 1. The minimum Gasteiger partial charge on any atom is -0.477 e. The number of sulfonamides is 1. The monoisotopic (exact) mass is 276 g/mol. The van der Waals surface area contributed by atoms with Crippen molar-refractivity contribution in [3.05, 3.63) is 18.0 Å². The van der Waals surface area contributed by atoms with Crippen LogP contribution in [0.15, 0.2) is 17.2 Å². The summed E-state index contributed by atoms with van der Waals surface area (Å²) in [5.41, 5.74) is -0.242. The molecule has 9 heteroatoms. The number of nitrogens with one attached hydrogen (secondary N) is 1. The highest BCUT2D eigenvalue weighted by Crippen LogP contribution is 2.22. The zero-order valence-corrected chi connectivity index (χ0v) is 9.96. The van der Waals surface area contributed by atoms with Crippen molar-refractivity contribution in [2.24, 2.45) is 0 Å². The van der Waals surface area contributed by atoms with Crippen LogP contribution in [0.4, 0.5) is 0 Å². The second-order valence-corrected chi connectivity index (χ2v) is 5.95. The molecule has 2 rings (SSSR count). The van der Waals surface area contributed by atoms with Crippen molar-refractivity contribution in [1.29, 1.82) is 0 Å². The zero-order valence-electron chi connectivity index (χ0n) is 9.15. The van der Waals surface area contributed by atoms with E-state index in [0.717, 1.165) is 16.6 Å². The minimum absolute atomic E-state index is 0.207. The van der Waals surface area contributed by atoms with E-state index in [1.54, 1.807) is 0 Å². The molecule has 0 aliphatic carbocycles. The van der Waals surface area contributed by atoms with Gasteiger partial charge in [-0.1, -0.05) is 0 Å². The van der Waals surface area contributed by atoms with Crippen LogP contribution in [0.5, 0.6) is 0 Å². The summed E-state index contributed by atoms with van der Waals surface area (Å²) in [7, 11) is -3.90. The molecule has 8 nitrogen and oxygen atoms in total. The highest BCUT2D eigenvalue weighted by atomic mass is 32.2. The number of aromatic carboxylic acids is 1. The molecule has 100 valence electrons. The standard InChI is InChI=1S/C9H12N2O6S/c12-7-3-11(4-8(7)13)18(16,17)5-1-6(9(14)15)10-2-5/h1-2,7-8,10,12-13H,3-4H2,(H,14,15)/t7-,8+. The van der Waals surface area contributed by atoms with Gasteiger partial charge in [0.05, 0.1) is 12.2 Å². The molecule has 1 aliphatic heterocycles. The van der Waals surface area contributed by atoms with Crippen LogP contribution in [-0.2, 0) is 10.0 Å². The van der Waals surface area contributed by atoms with Crippen LogP contribution in [-0.4, -0.2) is 64.3 Å². The van der Waals surface area contributed by atoms with Gasteiger partial charge in [-0.15, -0.1) is 0 Å². The Kier molecular flexibility index (Phi) is 3.15. The van der Waals surface area contributed by atoms with Crippen molar-refractivity contribution >= 4 is 16.0 Å². The van der Waals surface area contributed by atoms with Crippen molar-refractivity contribution in [1.82, 2.24) is 9.29 Å². The van der Waals surface area contributed by atoms with E-state index in [1.165, 1.54) is 0 Å². The quantitative estimate of drug-likeness (QED) is 0.528. The molecule has 2 atom stereocenters. The molecule has 0 spiro atoms. The second kappa shape index (κ2) is 4.35. The van der Waals surface area contributed by atoms with E-state index in [1.807, 2.05) is 0 Å². The van der Waals surface area contributed by atoms with Gasteiger partial charge in [0.1, 0.15) is 10.6 Å². The number of hydrogen-bond acceptors (Lipinski definition) is 5. The summed E-state index contributed by atoms with van der Waals surface area (Å²) in [6, 6.07) is 0.995. The van der Waals surface area contributed by atoms with Crippen LogP contribution in [0.3, 0.4) is 0 Å². The maximum atomic E-state index is 12.1. The van der Waals surface area contributed by atoms with E-state index in [4.69, 9.17) is 5.11 Å². The number of aromatic amines is 1. The molecule has 1 saturated heterocycles. The number of carbonyl (C=O) groups is 1. The minimum atomic E-state index is -3.90. The van der Waals surface area contributed by atoms with Crippen LogP contribution in [0.25, 0.3) is 0 Å². The van der Waals surface area contributed by atoms with Crippen molar-refractivity contribution in [2.75, 3.05) is 13.1 Å². The Balaban J connectivity index is 2.28. The first-order valence-electron chi connectivity index (χ1n) is 5.10. The van der Waals surface area contributed by atoms with E-state index < -0.39 is 28.2 Å². The summed E-state index contributed by atoms with van der Waals surface area (Å²) < 4.78 is 25.0. The first-order valence-corrected chi connectivity index (χ1v) is 6.54. The number of β-amino-alcohol motifs (C(OH)–C–C–N with tert-alkyl or cyclic N) is 2. The van der Waals surface area contributed by atoms with Gasteiger partial charge in [0, 0.05) is 19.3 Å². The Morgan fingerprint density at radius 1 is 1.33 bits per heavy atom. The fraction of sp³-hybridized carbons (Fsp3) is 0.444. The van der Waals surface area contributed by atoms with Crippen LogP contribution in [0.1, 0.15) is 10.5 Å². The normalized spacial score (nSPS) is 25.4. The molecule has 1 fully saturated rings. The predicted octanol–water partition coefficient (Wildman–Crippen LogP) is -1.56. The SMILES string of the molecule is O=C(O)c1cc(S(=O)(=O)N2C[C@@H](O)[C@@H](O)C2)c[nH]1. The molecule has 1 aliphatic rings. The number of aliphatic hydroxyl groups excluding tert-OH is 2. The topological polar surface area (TPSA) is 131 Å². The molecule has 0 unspecified atom stereocenters. The van der Waals surface area contributed by atoms with E-state index in [2.05, 4.69) is 4.98 Å². The van der Waals surface area contributed by atoms with Crippen LogP contribution < -0.4 is 0 Å². The summed E-state index contributed by atoms with van der Waals surface area (Å²) >= 11 is 0. The maximum absolute atomic E-state index is 12.1. The van der Waals surface area contributed by atoms with E-state index in [0.29, 0.717) is 0 Å². The first-order chi connectivity index (χ1) is 8.32. The van der Waals surface area contributed by atoms with Crippen molar-refractivity contribution in [3.63, 3.8) is 0 Å². The summed E-state index contributed by atoms with van der Waals surface area (Å²) in [6.07, 6.45) is -1.19. The highest BCUT2D eigenvalue weighted by molar-refractivity contribution is 7.89. The Morgan fingerprint density at radius 2 is 1.89 bits per heavy atom. The van der Waals surface area contributed by atoms with E-state index in [-0.39, 0.29) is 23.7 Å². The Bertz CT molecular complexity index is 555. The number of H-pyrrole nitrogens is 1. The van der Waals surface area contributed by atoms with Gasteiger partial charge >= 0.3 is 5.97 Å². The van der Waals surface area contributed by atoms with Crippen LogP contribution >= 0.6 is 0 Å². The van der Waals surface area contributed by atoms with E-state index >= 15 is 0 Å². The van der Waals surface area contributed by atoms with Crippen molar-refractivity contribution < 1.29 is 28.5 Å². The third-order valence-electron chi connectivity index (χ3n) is 2.75. The molecule has 0 saturated carbocycles. The van der Waals surface area contributed by atoms with Gasteiger partial charge < -0.3 is 20.3 Å².